The Morgan fingerprint density at radius 1 is 1.12 bits per heavy atom. The number of nitrogens with zero attached hydrogens (tertiary/aromatic N) is 1. The second-order valence-electron chi connectivity index (χ2n) is 5.92. The fourth-order valence-corrected chi connectivity index (χ4v) is 3.17. The van der Waals surface area contributed by atoms with Crippen molar-refractivity contribution in [3.05, 3.63) is 65.0 Å². The first-order valence-electron chi connectivity index (χ1n) is 7.74. The number of halogens is 3. The van der Waals surface area contributed by atoms with Crippen LogP contribution in [0.4, 0.5) is 13.2 Å². The molecule has 1 aromatic heterocycles. The molecule has 1 N–H and O–H groups in total. The molecule has 0 fully saturated rings. The number of aromatic hydroxyl groups is 1. The summed E-state index contributed by atoms with van der Waals surface area (Å²) in [4.78, 5) is 1.78. The van der Waals surface area contributed by atoms with E-state index in [1.807, 2.05) is 19.5 Å². The molecule has 0 aliphatic carbocycles. The number of fused-ring (bicyclic) bond motifs is 1. The van der Waals surface area contributed by atoms with E-state index >= 15 is 0 Å². The number of hydrogen-bond donors (Lipinski definition) is 1. The van der Waals surface area contributed by atoms with E-state index in [0.717, 1.165) is 4.70 Å². The zero-order valence-electron chi connectivity index (χ0n) is 14.0. The molecular formula is C19H20F3NOS. The van der Waals surface area contributed by atoms with Crippen LogP contribution in [0.5, 0.6) is 5.75 Å². The van der Waals surface area contributed by atoms with E-state index < -0.39 is 12.0 Å². The molecule has 0 radical (unpaired) electrons. The number of thiophene rings is 1. The summed E-state index contributed by atoms with van der Waals surface area (Å²) in [6.07, 6.45) is -0.664. The van der Waals surface area contributed by atoms with Gasteiger partial charge in [0.1, 0.15) is 12.0 Å². The number of phenols is 1. The van der Waals surface area contributed by atoms with Gasteiger partial charge in [0.2, 0.25) is 0 Å². The quantitative estimate of drug-likeness (QED) is 0.700. The first kappa shape index (κ1) is 19.3. The van der Waals surface area contributed by atoms with Gasteiger partial charge in [-0.25, -0.2) is 13.2 Å². The van der Waals surface area contributed by atoms with E-state index in [9.17, 15) is 18.3 Å². The van der Waals surface area contributed by atoms with E-state index in [0.29, 0.717) is 17.5 Å². The molecule has 0 aliphatic rings. The molecule has 25 heavy (non-hydrogen) atoms. The summed E-state index contributed by atoms with van der Waals surface area (Å²) in [5.41, 5.74) is 0.708. The standard InChI is InChI=1S/C11H15F2N.C8H5FOS/c1-14(2)8-11(13)7-9-4-3-5-10(12)6-9;9-6-1-2-7-5(8(6)10)3-4-11-7/h3-6,11H,7-8H2,1-2H3;1-4,10H/t11-;/m1./s1. The van der Waals surface area contributed by atoms with Gasteiger partial charge in [-0.2, -0.15) is 0 Å². The van der Waals surface area contributed by atoms with E-state index in [-0.39, 0.29) is 18.0 Å². The largest absolute Gasteiger partial charge is 0.504 e. The van der Waals surface area contributed by atoms with Crippen LogP contribution >= 0.6 is 11.3 Å². The van der Waals surface area contributed by atoms with Crippen molar-refractivity contribution in [3.63, 3.8) is 0 Å². The van der Waals surface area contributed by atoms with Crippen molar-refractivity contribution in [3.8, 4) is 5.75 Å². The first-order valence-corrected chi connectivity index (χ1v) is 8.62. The van der Waals surface area contributed by atoms with Gasteiger partial charge in [-0.05, 0) is 55.4 Å². The molecule has 0 amide bonds. The molecule has 0 saturated heterocycles. The van der Waals surface area contributed by atoms with Crippen molar-refractivity contribution >= 4 is 21.4 Å². The summed E-state index contributed by atoms with van der Waals surface area (Å²) in [5, 5.41) is 11.6. The zero-order valence-corrected chi connectivity index (χ0v) is 14.9. The molecule has 1 heterocycles. The highest BCUT2D eigenvalue weighted by atomic mass is 32.1. The highest BCUT2D eigenvalue weighted by molar-refractivity contribution is 7.17. The lowest BCUT2D eigenvalue weighted by molar-refractivity contribution is 0.246. The molecule has 0 saturated carbocycles. The molecular weight excluding hydrogens is 347 g/mol. The Balaban J connectivity index is 0.000000185. The topological polar surface area (TPSA) is 23.5 Å². The average molecular weight is 367 g/mol. The van der Waals surface area contributed by atoms with Gasteiger partial charge in [0.15, 0.2) is 11.6 Å². The van der Waals surface area contributed by atoms with Gasteiger partial charge in [0.25, 0.3) is 0 Å². The van der Waals surface area contributed by atoms with Crippen LogP contribution in [0.2, 0.25) is 0 Å². The molecule has 0 spiro atoms. The second kappa shape index (κ2) is 8.87. The Hall–Kier alpha value is -2.05. The molecule has 0 bridgehead atoms. The van der Waals surface area contributed by atoms with Gasteiger partial charge in [-0.15, -0.1) is 11.3 Å². The van der Waals surface area contributed by atoms with Crippen molar-refractivity contribution in [2.45, 2.75) is 12.6 Å². The van der Waals surface area contributed by atoms with Crippen molar-refractivity contribution < 1.29 is 18.3 Å². The van der Waals surface area contributed by atoms with Crippen LogP contribution in [-0.2, 0) is 6.42 Å². The minimum atomic E-state index is -0.938. The van der Waals surface area contributed by atoms with Crippen molar-refractivity contribution in [1.82, 2.24) is 4.90 Å². The maximum Gasteiger partial charge on any atom is 0.165 e. The summed E-state index contributed by atoms with van der Waals surface area (Å²) >= 11 is 1.48. The summed E-state index contributed by atoms with van der Waals surface area (Å²) in [5.74, 6) is -1.11. The normalized spacial score (nSPS) is 12.1. The summed E-state index contributed by atoms with van der Waals surface area (Å²) in [6.45, 7) is 0.372. The molecule has 1 atom stereocenters. The van der Waals surface area contributed by atoms with Gasteiger partial charge < -0.3 is 10.0 Å². The third-order valence-electron chi connectivity index (χ3n) is 3.47. The van der Waals surface area contributed by atoms with E-state index in [2.05, 4.69) is 0 Å². The van der Waals surface area contributed by atoms with E-state index in [1.165, 1.54) is 29.5 Å². The second-order valence-corrected chi connectivity index (χ2v) is 6.87. The highest BCUT2D eigenvalue weighted by Crippen LogP contribution is 2.30. The smallest absolute Gasteiger partial charge is 0.165 e. The lowest BCUT2D eigenvalue weighted by Gasteiger charge is -2.13. The third-order valence-corrected chi connectivity index (χ3v) is 4.35. The van der Waals surface area contributed by atoms with Crippen molar-refractivity contribution in [1.29, 1.82) is 0 Å². The number of hydrogen-bond acceptors (Lipinski definition) is 3. The minimum Gasteiger partial charge on any atom is -0.504 e. The van der Waals surface area contributed by atoms with Crippen molar-refractivity contribution in [2.75, 3.05) is 20.6 Å². The van der Waals surface area contributed by atoms with Gasteiger partial charge in [0, 0.05) is 23.1 Å². The van der Waals surface area contributed by atoms with Gasteiger partial charge in [-0.3, -0.25) is 0 Å². The molecule has 134 valence electrons. The molecule has 0 aliphatic heterocycles. The Morgan fingerprint density at radius 2 is 1.88 bits per heavy atom. The van der Waals surface area contributed by atoms with Crippen LogP contribution < -0.4 is 0 Å². The van der Waals surface area contributed by atoms with Gasteiger partial charge in [-0.1, -0.05) is 12.1 Å². The van der Waals surface area contributed by atoms with Gasteiger partial charge >= 0.3 is 0 Å². The number of rotatable bonds is 4. The van der Waals surface area contributed by atoms with Crippen LogP contribution in [0.15, 0.2) is 47.8 Å². The lowest BCUT2D eigenvalue weighted by Crippen LogP contribution is -2.24. The van der Waals surface area contributed by atoms with E-state index in [4.69, 9.17) is 0 Å². The van der Waals surface area contributed by atoms with Crippen LogP contribution in [0.1, 0.15) is 5.56 Å². The molecule has 3 aromatic rings. The Bertz CT molecular complexity index is 819. The van der Waals surface area contributed by atoms with Crippen LogP contribution in [0.3, 0.4) is 0 Å². The van der Waals surface area contributed by atoms with Crippen LogP contribution in [0.25, 0.3) is 10.1 Å². The third kappa shape index (κ3) is 5.76. The maximum atomic E-state index is 13.3. The van der Waals surface area contributed by atoms with E-state index in [1.54, 1.807) is 29.2 Å². The zero-order chi connectivity index (χ0) is 18.4. The fraction of sp³-hybridized carbons (Fsp3) is 0.263. The Morgan fingerprint density at radius 3 is 2.56 bits per heavy atom. The predicted molar refractivity (Wildman–Crippen MR) is 97.0 cm³/mol. The predicted octanol–water partition coefficient (Wildman–Crippen LogP) is 5.01. The molecule has 6 heteroatoms. The fourth-order valence-electron chi connectivity index (χ4n) is 2.38. The Kier molecular flexibility index (Phi) is 6.84. The minimum absolute atomic E-state index is 0.247. The van der Waals surface area contributed by atoms with Crippen LogP contribution in [0, 0.1) is 11.6 Å². The summed E-state index contributed by atoms with van der Waals surface area (Å²) in [7, 11) is 3.64. The molecule has 2 aromatic carbocycles. The maximum absolute atomic E-state index is 13.3. The highest BCUT2D eigenvalue weighted by Gasteiger charge is 2.09. The first-order chi connectivity index (χ1) is 11.9. The summed E-state index contributed by atoms with van der Waals surface area (Å²) in [6, 6.07) is 10.7. The number of benzene rings is 2. The average Bonchev–Trinajstić information content (AvgIpc) is 3.00. The van der Waals surface area contributed by atoms with Gasteiger partial charge in [0.05, 0.1) is 0 Å². The number of phenolic OH excluding ortho intramolecular Hbond substituents is 1. The van der Waals surface area contributed by atoms with Crippen LogP contribution in [-0.4, -0.2) is 36.8 Å². The number of alkyl halides is 1. The molecule has 0 unspecified atom stereocenters. The molecule has 2 nitrogen and oxygen atoms in total. The monoisotopic (exact) mass is 367 g/mol. The SMILES string of the molecule is CN(C)C[C@H](F)Cc1cccc(F)c1.Oc1c(F)ccc2sccc12. The Labute approximate surface area is 149 Å². The lowest BCUT2D eigenvalue weighted by atomic mass is 10.1. The summed E-state index contributed by atoms with van der Waals surface area (Å²) < 4.78 is 39.6. The van der Waals surface area contributed by atoms with Crippen molar-refractivity contribution in [2.24, 2.45) is 0 Å². The molecule has 3 rings (SSSR count).